The summed E-state index contributed by atoms with van der Waals surface area (Å²) < 4.78 is 32.6. The molecule has 0 aromatic carbocycles. The Bertz CT molecular complexity index is 293. The van der Waals surface area contributed by atoms with Crippen molar-refractivity contribution in [1.29, 1.82) is 0 Å². The molecule has 0 rings (SSSR count). The Kier molecular flexibility index (Phi) is 30.5. The van der Waals surface area contributed by atoms with Gasteiger partial charge < -0.3 is 34.2 Å². The van der Waals surface area contributed by atoms with Gasteiger partial charge in [0.05, 0.1) is 72.7 Å². The fraction of sp³-hybridized carbons (Fsp3) is 1.00. The maximum Gasteiger partial charge on any atom is 0.0701 e. The molecule has 194 valence electrons. The van der Waals surface area contributed by atoms with Crippen molar-refractivity contribution in [3.05, 3.63) is 0 Å². The zero-order valence-electron chi connectivity index (χ0n) is 21.0. The van der Waals surface area contributed by atoms with Crippen molar-refractivity contribution >= 4 is 0 Å². The predicted octanol–water partition coefficient (Wildman–Crippen LogP) is 4.36. The molecule has 7 nitrogen and oxygen atoms in total. The first-order chi connectivity index (χ1) is 15.9. The van der Waals surface area contributed by atoms with Crippen LogP contribution in [0.15, 0.2) is 0 Å². The van der Waals surface area contributed by atoms with E-state index < -0.39 is 0 Å². The van der Waals surface area contributed by atoms with Crippen molar-refractivity contribution in [2.75, 3.05) is 85.8 Å². The van der Waals surface area contributed by atoms with Crippen LogP contribution in [0, 0.1) is 0 Å². The molecule has 0 amide bonds. The van der Waals surface area contributed by atoms with Gasteiger partial charge in [0.1, 0.15) is 0 Å². The molecule has 7 heteroatoms. The molecule has 0 aromatic heterocycles. The SMILES string of the molecule is CCCCCCCCCCCCCOCCOCCOCCOCCOCCOCCN. The van der Waals surface area contributed by atoms with Crippen LogP contribution in [0.4, 0.5) is 0 Å². The lowest BCUT2D eigenvalue weighted by Gasteiger charge is -2.08. The molecule has 0 heterocycles. The molecule has 0 radical (unpaired) electrons. The second-order valence-electron chi connectivity index (χ2n) is 8.00. The van der Waals surface area contributed by atoms with Crippen molar-refractivity contribution in [2.24, 2.45) is 5.73 Å². The van der Waals surface area contributed by atoms with E-state index >= 15 is 0 Å². The number of rotatable bonds is 29. The fourth-order valence-corrected chi connectivity index (χ4v) is 3.15. The average molecular weight is 464 g/mol. The van der Waals surface area contributed by atoms with Gasteiger partial charge in [-0.3, -0.25) is 0 Å². The zero-order valence-corrected chi connectivity index (χ0v) is 21.0. The van der Waals surface area contributed by atoms with E-state index in [9.17, 15) is 0 Å². The quantitative estimate of drug-likeness (QED) is 0.165. The standard InChI is InChI=1S/C25H53NO6/c1-2-3-4-5-6-7-8-9-10-11-12-14-27-16-18-29-20-22-31-24-25-32-23-21-30-19-17-28-15-13-26/h2-26H2,1H3. The van der Waals surface area contributed by atoms with Crippen molar-refractivity contribution in [3.8, 4) is 0 Å². The van der Waals surface area contributed by atoms with E-state index in [1.54, 1.807) is 0 Å². The molecule has 0 aliphatic heterocycles. The molecule has 0 saturated carbocycles. The highest BCUT2D eigenvalue weighted by atomic mass is 16.6. The average Bonchev–Trinajstić information content (AvgIpc) is 2.81. The lowest BCUT2D eigenvalue weighted by Crippen LogP contribution is -2.15. The van der Waals surface area contributed by atoms with Gasteiger partial charge in [-0.2, -0.15) is 0 Å². The molecule has 0 spiro atoms. The highest BCUT2D eigenvalue weighted by Gasteiger charge is 1.95. The first-order valence-electron chi connectivity index (χ1n) is 13.1. The molecular weight excluding hydrogens is 410 g/mol. The van der Waals surface area contributed by atoms with Crippen LogP contribution in [-0.4, -0.2) is 85.8 Å². The van der Waals surface area contributed by atoms with Crippen molar-refractivity contribution in [3.63, 3.8) is 0 Å². The van der Waals surface area contributed by atoms with E-state index in [2.05, 4.69) is 6.92 Å². The summed E-state index contributed by atoms with van der Waals surface area (Å²) in [6.45, 7) is 10.1. The van der Waals surface area contributed by atoms with Crippen LogP contribution >= 0.6 is 0 Å². The Balaban J connectivity index is 2.98. The van der Waals surface area contributed by atoms with Gasteiger partial charge in [0.25, 0.3) is 0 Å². The zero-order chi connectivity index (χ0) is 23.2. The third kappa shape index (κ3) is 29.7. The van der Waals surface area contributed by atoms with Crippen LogP contribution in [0.25, 0.3) is 0 Å². The van der Waals surface area contributed by atoms with E-state index in [1.807, 2.05) is 0 Å². The summed E-state index contributed by atoms with van der Waals surface area (Å²) in [7, 11) is 0. The van der Waals surface area contributed by atoms with Gasteiger partial charge in [-0.15, -0.1) is 0 Å². The van der Waals surface area contributed by atoms with Gasteiger partial charge in [0, 0.05) is 13.2 Å². The van der Waals surface area contributed by atoms with E-state index in [1.165, 1.54) is 64.2 Å². The van der Waals surface area contributed by atoms with Gasteiger partial charge in [-0.1, -0.05) is 71.1 Å². The minimum Gasteiger partial charge on any atom is -0.379 e. The van der Waals surface area contributed by atoms with Crippen LogP contribution in [0.3, 0.4) is 0 Å². The van der Waals surface area contributed by atoms with Crippen LogP contribution in [-0.2, 0) is 28.4 Å². The topological polar surface area (TPSA) is 81.4 Å². The number of nitrogens with two attached hydrogens (primary N) is 1. The van der Waals surface area contributed by atoms with Crippen molar-refractivity contribution in [2.45, 2.75) is 77.6 Å². The minimum atomic E-state index is 0.543. The Hall–Kier alpha value is -0.280. The Morgan fingerprint density at radius 3 is 0.969 bits per heavy atom. The second-order valence-corrected chi connectivity index (χ2v) is 8.00. The second kappa shape index (κ2) is 30.7. The molecular formula is C25H53NO6. The van der Waals surface area contributed by atoms with Crippen molar-refractivity contribution < 1.29 is 28.4 Å². The van der Waals surface area contributed by atoms with Gasteiger partial charge in [0.15, 0.2) is 0 Å². The molecule has 0 aromatic rings. The van der Waals surface area contributed by atoms with Gasteiger partial charge >= 0.3 is 0 Å². The minimum absolute atomic E-state index is 0.543. The molecule has 0 aliphatic rings. The van der Waals surface area contributed by atoms with E-state index in [-0.39, 0.29) is 0 Å². The summed E-state index contributed by atoms with van der Waals surface area (Å²) in [6, 6.07) is 0. The van der Waals surface area contributed by atoms with Crippen LogP contribution in [0.5, 0.6) is 0 Å². The highest BCUT2D eigenvalue weighted by molar-refractivity contribution is 4.48. The van der Waals surface area contributed by atoms with E-state index in [4.69, 9.17) is 34.2 Å². The third-order valence-corrected chi connectivity index (χ3v) is 5.01. The summed E-state index contributed by atoms with van der Waals surface area (Å²) in [5.41, 5.74) is 5.32. The van der Waals surface area contributed by atoms with E-state index in [0.717, 1.165) is 13.0 Å². The smallest absolute Gasteiger partial charge is 0.0701 e. The molecule has 0 saturated heterocycles. The molecule has 0 fully saturated rings. The number of hydrogen-bond donors (Lipinski definition) is 1. The molecule has 0 atom stereocenters. The fourth-order valence-electron chi connectivity index (χ4n) is 3.15. The first-order valence-corrected chi connectivity index (χ1v) is 13.1. The summed E-state index contributed by atoms with van der Waals surface area (Å²) >= 11 is 0. The van der Waals surface area contributed by atoms with Crippen LogP contribution < -0.4 is 5.73 Å². The summed E-state index contributed by atoms with van der Waals surface area (Å²) in [5, 5.41) is 0. The maximum atomic E-state index is 5.62. The van der Waals surface area contributed by atoms with Gasteiger partial charge in [-0.25, -0.2) is 0 Å². The normalized spacial score (nSPS) is 11.4. The molecule has 0 aliphatic carbocycles. The van der Waals surface area contributed by atoms with Gasteiger partial charge in [-0.05, 0) is 6.42 Å². The monoisotopic (exact) mass is 463 g/mol. The molecule has 0 unspecified atom stereocenters. The molecule has 32 heavy (non-hydrogen) atoms. The number of unbranched alkanes of at least 4 members (excludes halogenated alkanes) is 10. The van der Waals surface area contributed by atoms with E-state index in [0.29, 0.717) is 79.2 Å². The first kappa shape index (κ1) is 31.7. The van der Waals surface area contributed by atoms with Crippen LogP contribution in [0.2, 0.25) is 0 Å². The number of ether oxygens (including phenoxy) is 6. The van der Waals surface area contributed by atoms with Gasteiger partial charge in [0.2, 0.25) is 0 Å². The predicted molar refractivity (Wildman–Crippen MR) is 130 cm³/mol. The highest BCUT2D eigenvalue weighted by Crippen LogP contribution is 2.11. The Morgan fingerprint density at radius 2 is 0.625 bits per heavy atom. The number of hydrogen-bond acceptors (Lipinski definition) is 7. The summed E-state index contributed by atoms with van der Waals surface area (Å²) in [6.07, 6.45) is 15.0. The lowest BCUT2D eigenvalue weighted by molar-refractivity contribution is -0.0165. The van der Waals surface area contributed by atoms with Crippen molar-refractivity contribution in [1.82, 2.24) is 0 Å². The Labute approximate surface area is 198 Å². The molecule has 0 bridgehead atoms. The van der Waals surface area contributed by atoms with Crippen LogP contribution in [0.1, 0.15) is 77.6 Å². The maximum absolute atomic E-state index is 5.62. The molecule has 2 N–H and O–H groups in total. The largest absolute Gasteiger partial charge is 0.379 e. The summed E-state index contributed by atoms with van der Waals surface area (Å²) in [5.74, 6) is 0. The Morgan fingerprint density at radius 1 is 0.344 bits per heavy atom. The summed E-state index contributed by atoms with van der Waals surface area (Å²) in [4.78, 5) is 0. The lowest BCUT2D eigenvalue weighted by atomic mass is 10.1. The third-order valence-electron chi connectivity index (χ3n) is 5.01.